The molecular weight excluding hydrogens is 544 g/mol. The Balaban J connectivity index is 1.53. The zero-order chi connectivity index (χ0) is 28.8. The van der Waals surface area contributed by atoms with Crippen LogP contribution in [0, 0.1) is 0 Å². The number of Topliss-reactive ketones (excluding diaryl/α,β-unsaturated/α-hetero) is 1. The van der Waals surface area contributed by atoms with E-state index < -0.39 is 17.7 Å². The van der Waals surface area contributed by atoms with Gasteiger partial charge in [0.25, 0.3) is 5.78 Å². The van der Waals surface area contributed by atoms with Gasteiger partial charge in [0.1, 0.15) is 23.4 Å². The maximum atomic E-state index is 13.7. The third-order valence-corrected chi connectivity index (χ3v) is 8.22. The summed E-state index contributed by atoms with van der Waals surface area (Å²) in [7, 11) is 3.04. The number of aliphatic hydroxyl groups is 1. The van der Waals surface area contributed by atoms with Crippen molar-refractivity contribution in [1.29, 1.82) is 0 Å². The van der Waals surface area contributed by atoms with Crippen LogP contribution in [-0.4, -0.2) is 48.7 Å². The van der Waals surface area contributed by atoms with Gasteiger partial charge in [-0.25, -0.2) is 4.98 Å². The van der Waals surface area contributed by atoms with Crippen LogP contribution < -0.4 is 23.8 Å². The predicted octanol–water partition coefficient (Wildman–Crippen LogP) is 5.66. The van der Waals surface area contributed by atoms with Crippen molar-refractivity contribution in [3.05, 3.63) is 76.9 Å². The molecule has 1 amide bonds. The number of thiazole rings is 1. The smallest absolute Gasteiger partial charge is 0.301 e. The summed E-state index contributed by atoms with van der Waals surface area (Å²) in [5, 5.41) is 11.9. The Hall–Kier alpha value is -4.57. The van der Waals surface area contributed by atoms with E-state index >= 15 is 0 Å². The molecule has 6 rings (SSSR count). The van der Waals surface area contributed by atoms with Gasteiger partial charge >= 0.3 is 5.91 Å². The van der Waals surface area contributed by atoms with Crippen molar-refractivity contribution in [2.24, 2.45) is 0 Å². The van der Waals surface area contributed by atoms with Gasteiger partial charge in [0, 0.05) is 12.0 Å². The zero-order valence-electron chi connectivity index (χ0n) is 23.0. The van der Waals surface area contributed by atoms with Crippen molar-refractivity contribution < 1.29 is 33.6 Å². The first kappa shape index (κ1) is 26.6. The summed E-state index contributed by atoms with van der Waals surface area (Å²) in [5.74, 6) is 0.479. The van der Waals surface area contributed by atoms with Crippen LogP contribution in [0.2, 0.25) is 0 Å². The molecule has 0 aliphatic carbocycles. The molecule has 0 bridgehead atoms. The van der Waals surface area contributed by atoms with Crippen LogP contribution in [-0.2, 0) is 16.0 Å². The van der Waals surface area contributed by atoms with E-state index in [0.29, 0.717) is 52.1 Å². The van der Waals surface area contributed by atoms with E-state index in [2.05, 4.69) is 0 Å². The third kappa shape index (κ3) is 4.54. The standard InChI is InChI=1S/C31H28N2O7S/c1-5-39-20-8-9-21-25(15-20)41-31(32-21)33-27(17-6-11-23(37-3)24(14-17)38-4)26(29(35)30(33)36)28(34)18-7-10-22-19(13-18)12-16(2)40-22/h6-11,13-16,27,34H,5,12H2,1-4H3/t16-,27-/m0/s1. The number of fused-ring (bicyclic) bond motifs is 2. The number of amides is 1. The van der Waals surface area contributed by atoms with Crippen LogP contribution >= 0.6 is 11.3 Å². The second-order valence-corrected chi connectivity index (χ2v) is 10.8. The quantitative estimate of drug-likeness (QED) is 0.172. The van der Waals surface area contributed by atoms with E-state index in [9.17, 15) is 14.7 Å². The number of ketones is 1. The molecule has 9 nitrogen and oxygen atoms in total. The molecule has 2 atom stereocenters. The van der Waals surface area contributed by atoms with Gasteiger partial charge in [-0.15, -0.1) is 0 Å². The summed E-state index contributed by atoms with van der Waals surface area (Å²) in [6.45, 7) is 4.38. The van der Waals surface area contributed by atoms with Crippen LogP contribution in [0.3, 0.4) is 0 Å². The maximum absolute atomic E-state index is 13.7. The fraction of sp³-hybridized carbons (Fsp3) is 0.258. The maximum Gasteiger partial charge on any atom is 0.301 e. The van der Waals surface area contributed by atoms with E-state index in [4.69, 9.17) is 23.9 Å². The SMILES string of the molecule is CCOc1ccc2nc(N3C(=O)C(=O)C(=C(O)c4ccc5c(c4)C[C@H](C)O5)[C@@H]3c3ccc(OC)c(OC)c3)sc2c1. The lowest BCUT2D eigenvalue weighted by Gasteiger charge is -2.23. The summed E-state index contributed by atoms with van der Waals surface area (Å²) < 4.78 is 23.2. The Bertz CT molecular complexity index is 1730. The molecule has 10 heteroatoms. The fourth-order valence-electron chi connectivity index (χ4n) is 5.35. The zero-order valence-corrected chi connectivity index (χ0v) is 23.8. The van der Waals surface area contributed by atoms with E-state index in [1.807, 2.05) is 32.0 Å². The number of carbonyl (C=O) groups is 2. The van der Waals surface area contributed by atoms with Gasteiger partial charge in [-0.1, -0.05) is 17.4 Å². The van der Waals surface area contributed by atoms with E-state index in [1.165, 1.54) is 30.5 Å². The highest BCUT2D eigenvalue weighted by Gasteiger charge is 2.48. The van der Waals surface area contributed by atoms with Gasteiger partial charge < -0.3 is 24.1 Å². The molecule has 0 saturated carbocycles. The van der Waals surface area contributed by atoms with Gasteiger partial charge in [-0.05, 0) is 73.5 Å². The van der Waals surface area contributed by atoms with Crippen molar-refractivity contribution in [1.82, 2.24) is 4.98 Å². The minimum atomic E-state index is -0.967. The van der Waals surface area contributed by atoms with E-state index in [-0.39, 0.29) is 17.4 Å². The number of aliphatic hydroxyl groups excluding tert-OH is 1. The average molecular weight is 573 g/mol. The fourth-order valence-corrected chi connectivity index (χ4v) is 6.37. The number of ether oxygens (including phenoxy) is 4. The van der Waals surface area contributed by atoms with Crippen LogP contribution in [0.5, 0.6) is 23.0 Å². The molecule has 0 spiro atoms. The number of carbonyl (C=O) groups excluding carboxylic acids is 2. The van der Waals surface area contributed by atoms with Gasteiger partial charge in [0.2, 0.25) is 0 Å². The lowest BCUT2D eigenvalue weighted by molar-refractivity contribution is -0.132. The number of hydrogen-bond donors (Lipinski definition) is 1. The Morgan fingerprint density at radius 2 is 1.88 bits per heavy atom. The molecule has 41 heavy (non-hydrogen) atoms. The predicted molar refractivity (Wildman–Crippen MR) is 155 cm³/mol. The number of nitrogens with zero attached hydrogens (tertiary/aromatic N) is 2. The van der Waals surface area contributed by atoms with Crippen molar-refractivity contribution >= 4 is 44.1 Å². The van der Waals surface area contributed by atoms with Crippen LogP contribution in [0.25, 0.3) is 16.0 Å². The number of aromatic nitrogens is 1. The Labute approximate surface area is 240 Å². The summed E-state index contributed by atoms with van der Waals surface area (Å²) >= 11 is 1.27. The van der Waals surface area contributed by atoms with Gasteiger partial charge in [0.15, 0.2) is 16.6 Å². The first-order chi connectivity index (χ1) is 19.8. The Morgan fingerprint density at radius 3 is 2.63 bits per heavy atom. The third-order valence-electron chi connectivity index (χ3n) is 7.20. The van der Waals surface area contributed by atoms with Crippen molar-refractivity contribution in [3.63, 3.8) is 0 Å². The molecule has 2 aliphatic heterocycles. The van der Waals surface area contributed by atoms with Crippen molar-refractivity contribution in [2.75, 3.05) is 25.7 Å². The summed E-state index contributed by atoms with van der Waals surface area (Å²) in [4.78, 5) is 33.4. The highest BCUT2D eigenvalue weighted by Crippen LogP contribution is 2.46. The van der Waals surface area contributed by atoms with Crippen LogP contribution in [0.15, 0.2) is 60.2 Å². The number of anilines is 1. The van der Waals surface area contributed by atoms with E-state index in [1.54, 1.807) is 36.4 Å². The van der Waals surface area contributed by atoms with Gasteiger partial charge in [-0.2, -0.15) is 0 Å². The second-order valence-electron chi connectivity index (χ2n) is 9.80. The van der Waals surface area contributed by atoms with Gasteiger partial charge in [0.05, 0.1) is 42.7 Å². The minimum Gasteiger partial charge on any atom is -0.507 e. The highest BCUT2D eigenvalue weighted by atomic mass is 32.1. The normalized spacial score (nSPS) is 19.4. The number of benzene rings is 3. The monoisotopic (exact) mass is 572 g/mol. The summed E-state index contributed by atoms with van der Waals surface area (Å²) in [6, 6.07) is 14.9. The lowest BCUT2D eigenvalue weighted by Crippen LogP contribution is -2.29. The molecule has 0 radical (unpaired) electrons. The first-order valence-corrected chi connectivity index (χ1v) is 14.0. The number of rotatable bonds is 7. The summed E-state index contributed by atoms with van der Waals surface area (Å²) in [6.07, 6.45) is 0.696. The molecule has 2 aliphatic rings. The minimum absolute atomic E-state index is 0.0158. The molecule has 1 aromatic heterocycles. The summed E-state index contributed by atoms with van der Waals surface area (Å²) in [5.41, 5.74) is 2.53. The highest BCUT2D eigenvalue weighted by molar-refractivity contribution is 7.22. The van der Waals surface area contributed by atoms with Crippen molar-refractivity contribution in [2.45, 2.75) is 32.4 Å². The Morgan fingerprint density at radius 1 is 1.07 bits per heavy atom. The molecule has 3 aromatic carbocycles. The molecule has 1 N–H and O–H groups in total. The van der Waals surface area contributed by atoms with Crippen molar-refractivity contribution in [3.8, 4) is 23.0 Å². The lowest BCUT2D eigenvalue weighted by atomic mass is 9.94. The van der Waals surface area contributed by atoms with E-state index in [0.717, 1.165) is 16.0 Å². The molecule has 210 valence electrons. The second kappa shape index (κ2) is 10.4. The molecule has 1 saturated heterocycles. The van der Waals surface area contributed by atoms with Gasteiger partial charge in [-0.3, -0.25) is 14.5 Å². The molecule has 4 aromatic rings. The molecule has 1 fully saturated rings. The molecular formula is C31H28N2O7S. The molecule has 3 heterocycles. The first-order valence-electron chi connectivity index (χ1n) is 13.2. The number of hydrogen-bond acceptors (Lipinski definition) is 9. The number of methoxy groups -OCH3 is 2. The largest absolute Gasteiger partial charge is 0.507 e. The molecule has 0 unspecified atom stereocenters. The topological polar surface area (TPSA) is 107 Å². The Kier molecular flexibility index (Phi) is 6.78. The van der Waals surface area contributed by atoms with Crippen LogP contribution in [0.4, 0.5) is 5.13 Å². The average Bonchev–Trinajstić information content (AvgIpc) is 3.64. The van der Waals surface area contributed by atoms with Crippen LogP contribution in [0.1, 0.15) is 36.6 Å².